The van der Waals surface area contributed by atoms with Gasteiger partial charge in [0.15, 0.2) is 0 Å². The third-order valence-corrected chi connectivity index (χ3v) is 5.52. The number of carbonyl (C=O) groups is 1. The van der Waals surface area contributed by atoms with Crippen LogP contribution >= 0.6 is 0 Å². The van der Waals surface area contributed by atoms with Crippen molar-refractivity contribution in [3.63, 3.8) is 0 Å². The van der Waals surface area contributed by atoms with E-state index in [1.165, 1.54) is 49.7 Å². The van der Waals surface area contributed by atoms with Crippen LogP contribution in [0, 0.1) is 5.92 Å². The summed E-state index contributed by atoms with van der Waals surface area (Å²) in [5.74, 6) is 1.11. The number of ether oxygens (including phenoxy) is 1. The van der Waals surface area contributed by atoms with Crippen LogP contribution in [0.25, 0.3) is 0 Å². The quantitative estimate of drug-likeness (QED) is 0.481. The molecule has 0 saturated heterocycles. The van der Waals surface area contributed by atoms with Crippen LogP contribution in [-0.2, 0) is 22.6 Å². The van der Waals surface area contributed by atoms with Crippen molar-refractivity contribution >= 4 is 5.97 Å². The summed E-state index contributed by atoms with van der Waals surface area (Å²) in [6.07, 6.45) is 9.27. The summed E-state index contributed by atoms with van der Waals surface area (Å²) in [6.45, 7) is 8.11. The van der Waals surface area contributed by atoms with E-state index in [-0.39, 0.29) is 12.6 Å². The summed E-state index contributed by atoms with van der Waals surface area (Å²) in [6, 6.07) is 6.56. The van der Waals surface area contributed by atoms with E-state index in [4.69, 9.17) is 9.84 Å². The van der Waals surface area contributed by atoms with Gasteiger partial charge in [0.1, 0.15) is 6.61 Å². The van der Waals surface area contributed by atoms with E-state index in [0.717, 1.165) is 24.3 Å². The molecule has 26 heavy (non-hydrogen) atoms. The van der Waals surface area contributed by atoms with Crippen LogP contribution in [0.15, 0.2) is 30.4 Å². The Morgan fingerprint density at radius 1 is 1.27 bits per heavy atom. The highest BCUT2D eigenvalue weighted by atomic mass is 16.5. The van der Waals surface area contributed by atoms with E-state index < -0.39 is 0 Å². The third-order valence-electron chi connectivity index (χ3n) is 5.52. The SMILES string of the molecule is C=C(C)C(=O)OCc1cc(CCCO)ccc1C1CCC(CCC)CC1. The van der Waals surface area contributed by atoms with Gasteiger partial charge in [0.2, 0.25) is 0 Å². The van der Waals surface area contributed by atoms with Gasteiger partial charge in [0.05, 0.1) is 0 Å². The molecule has 0 aromatic heterocycles. The first-order valence-electron chi connectivity index (χ1n) is 10.1. The van der Waals surface area contributed by atoms with Crippen LogP contribution < -0.4 is 0 Å². The topological polar surface area (TPSA) is 46.5 Å². The summed E-state index contributed by atoms with van der Waals surface area (Å²) in [7, 11) is 0. The first-order valence-corrected chi connectivity index (χ1v) is 10.1. The van der Waals surface area contributed by atoms with Crippen molar-refractivity contribution < 1.29 is 14.6 Å². The predicted molar refractivity (Wildman–Crippen MR) is 106 cm³/mol. The van der Waals surface area contributed by atoms with Crippen LogP contribution in [0.5, 0.6) is 0 Å². The molecule has 1 fully saturated rings. The fourth-order valence-corrected chi connectivity index (χ4v) is 4.06. The second-order valence-electron chi connectivity index (χ2n) is 7.72. The Balaban J connectivity index is 2.12. The molecule has 0 spiro atoms. The molecule has 0 unspecified atom stereocenters. The fourth-order valence-electron chi connectivity index (χ4n) is 4.06. The van der Waals surface area contributed by atoms with Crippen molar-refractivity contribution in [2.45, 2.75) is 77.7 Å². The van der Waals surface area contributed by atoms with Gasteiger partial charge in [-0.25, -0.2) is 4.79 Å². The van der Waals surface area contributed by atoms with Crippen molar-refractivity contribution in [2.24, 2.45) is 5.92 Å². The standard InChI is InChI=1S/C23H34O3/c1-4-6-18-8-11-20(12-9-18)22-13-10-19(7-5-14-24)15-21(22)16-26-23(25)17(2)3/h10,13,15,18,20,24H,2,4-9,11-12,14,16H2,1,3H3. The third kappa shape index (κ3) is 5.98. The highest BCUT2D eigenvalue weighted by Gasteiger charge is 2.24. The molecule has 0 radical (unpaired) electrons. The molecule has 1 aliphatic rings. The molecule has 0 bridgehead atoms. The van der Waals surface area contributed by atoms with Gasteiger partial charge >= 0.3 is 5.97 Å². The van der Waals surface area contributed by atoms with Crippen molar-refractivity contribution in [3.05, 3.63) is 47.0 Å². The largest absolute Gasteiger partial charge is 0.457 e. The molecule has 3 nitrogen and oxygen atoms in total. The van der Waals surface area contributed by atoms with Gasteiger partial charge in [0, 0.05) is 12.2 Å². The van der Waals surface area contributed by atoms with Crippen LogP contribution in [0.3, 0.4) is 0 Å². The minimum atomic E-state index is -0.330. The average Bonchev–Trinajstić information content (AvgIpc) is 2.65. The molecular weight excluding hydrogens is 324 g/mol. The summed E-state index contributed by atoms with van der Waals surface area (Å²) in [5.41, 5.74) is 4.09. The lowest BCUT2D eigenvalue weighted by atomic mass is 9.76. The van der Waals surface area contributed by atoms with Gasteiger partial charge < -0.3 is 9.84 Å². The molecule has 144 valence electrons. The van der Waals surface area contributed by atoms with E-state index in [2.05, 4.69) is 31.7 Å². The predicted octanol–water partition coefficient (Wildman–Crippen LogP) is 5.30. The van der Waals surface area contributed by atoms with E-state index in [0.29, 0.717) is 18.1 Å². The van der Waals surface area contributed by atoms with Crippen molar-refractivity contribution in [2.75, 3.05) is 6.61 Å². The lowest BCUT2D eigenvalue weighted by molar-refractivity contribution is -0.140. The van der Waals surface area contributed by atoms with Crippen LogP contribution in [0.1, 0.15) is 81.4 Å². The monoisotopic (exact) mass is 358 g/mol. The second-order valence-corrected chi connectivity index (χ2v) is 7.72. The highest BCUT2D eigenvalue weighted by molar-refractivity contribution is 5.86. The molecule has 0 heterocycles. The maximum Gasteiger partial charge on any atom is 0.333 e. The zero-order valence-corrected chi connectivity index (χ0v) is 16.4. The second kappa shape index (κ2) is 10.5. The molecule has 0 aliphatic heterocycles. The first-order chi connectivity index (χ1) is 12.5. The maximum atomic E-state index is 11.8. The van der Waals surface area contributed by atoms with Gasteiger partial charge in [-0.05, 0) is 74.0 Å². The van der Waals surface area contributed by atoms with Crippen molar-refractivity contribution in [1.82, 2.24) is 0 Å². The smallest absolute Gasteiger partial charge is 0.333 e. The Morgan fingerprint density at radius 2 is 2.00 bits per heavy atom. The normalized spacial score (nSPS) is 20.0. The number of aryl methyl sites for hydroxylation is 1. The molecule has 1 aliphatic carbocycles. The Bertz CT molecular complexity index is 597. The van der Waals surface area contributed by atoms with Gasteiger partial charge in [-0.15, -0.1) is 0 Å². The van der Waals surface area contributed by atoms with E-state index in [1.807, 2.05) is 0 Å². The Hall–Kier alpha value is -1.61. The summed E-state index contributed by atoms with van der Waals surface area (Å²) >= 11 is 0. The highest BCUT2D eigenvalue weighted by Crippen LogP contribution is 2.39. The van der Waals surface area contributed by atoms with Crippen molar-refractivity contribution in [3.8, 4) is 0 Å². The summed E-state index contributed by atoms with van der Waals surface area (Å²) < 4.78 is 5.45. The van der Waals surface area contributed by atoms with E-state index in [9.17, 15) is 4.79 Å². The summed E-state index contributed by atoms with van der Waals surface area (Å²) in [4.78, 5) is 11.8. The molecular formula is C23H34O3. The molecule has 1 N–H and O–H groups in total. The molecule has 1 saturated carbocycles. The molecule has 2 rings (SSSR count). The number of hydrogen-bond acceptors (Lipinski definition) is 3. The minimum absolute atomic E-state index is 0.198. The van der Waals surface area contributed by atoms with Crippen LogP contribution in [-0.4, -0.2) is 17.7 Å². The van der Waals surface area contributed by atoms with Crippen LogP contribution in [0.4, 0.5) is 0 Å². The lowest BCUT2D eigenvalue weighted by Crippen LogP contribution is -2.15. The summed E-state index contributed by atoms with van der Waals surface area (Å²) in [5, 5.41) is 9.08. The molecule has 1 aromatic rings. The molecule has 3 heteroatoms. The Labute approximate surface area is 158 Å². The Kier molecular flexibility index (Phi) is 8.37. The molecule has 0 amide bonds. The number of esters is 1. The number of aliphatic hydroxyl groups is 1. The van der Waals surface area contributed by atoms with Crippen LogP contribution in [0.2, 0.25) is 0 Å². The zero-order chi connectivity index (χ0) is 18.9. The number of rotatable bonds is 9. The number of benzene rings is 1. The van der Waals surface area contributed by atoms with E-state index >= 15 is 0 Å². The average molecular weight is 359 g/mol. The number of carbonyl (C=O) groups excluding carboxylic acids is 1. The first kappa shape index (κ1) is 20.7. The molecule has 0 atom stereocenters. The number of hydrogen-bond donors (Lipinski definition) is 1. The van der Waals surface area contributed by atoms with Gasteiger partial charge in [0.25, 0.3) is 0 Å². The number of aliphatic hydroxyl groups excluding tert-OH is 1. The minimum Gasteiger partial charge on any atom is -0.457 e. The van der Waals surface area contributed by atoms with Gasteiger partial charge in [-0.2, -0.15) is 0 Å². The zero-order valence-electron chi connectivity index (χ0n) is 16.4. The van der Waals surface area contributed by atoms with Crippen molar-refractivity contribution in [1.29, 1.82) is 0 Å². The lowest BCUT2D eigenvalue weighted by Gasteiger charge is -2.30. The Morgan fingerprint density at radius 3 is 2.62 bits per heavy atom. The van der Waals surface area contributed by atoms with E-state index in [1.54, 1.807) is 6.92 Å². The van der Waals surface area contributed by atoms with Gasteiger partial charge in [-0.3, -0.25) is 0 Å². The maximum absolute atomic E-state index is 11.8. The molecule has 1 aromatic carbocycles. The fraction of sp³-hybridized carbons (Fsp3) is 0.609. The van der Waals surface area contributed by atoms with Gasteiger partial charge in [-0.1, -0.05) is 44.5 Å².